The van der Waals surface area contributed by atoms with E-state index >= 15 is 0 Å². The van der Waals surface area contributed by atoms with Gasteiger partial charge in [0, 0.05) is 10.7 Å². The molecule has 0 fully saturated rings. The highest BCUT2D eigenvalue weighted by Gasteiger charge is 2.21. The number of thiophene rings is 1. The average molecular weight is 482 g/mol. The van der Waals surface area contributed by atoms with Gasteiger partial charge in [-0.1, -0.05) is 48.0 Å². The van der Waals surface area contributed by atoms with Crippen molar-refractivity contribution in [3.63, 3.8) is 0 Å². The van der Waals surface area contributed by atoms with Crippen LogP contribution in [0, 0.1) is 13.8 Å². The molecule has 1 amide bonds. The summed E-state index contributed by atoms with van der Waals surface area (Å²) in [6.07, 6.45) is 1.31. The van der Waals surface area contributed by atoms with Gasteiger partial charge in [-0.25, -0.2) is 9.78 Å². The van der Waals surface area contributed by atoms with Crippen molar-refractivity contribution in [1.82, 2.24) is 9.55 Å². The van der Waals surface area contributed by atoms with Gasteiger partial charge >= 0.3 is 5.97 Å². The summed E-state index contributed by atoms with van der Waals surface area (Å²) in [7, 11) is 0. The van der Waals surface area contributed by atoms with E-state index in [1.54, 1.807) is 25.1 Å². The van der Waals surface area contributed by atoms with Crippen molar-refractivity contribution in [1.29, 1.82) is 0 Å². The van der Waals surface area contributed by atoms with Crippen LogP contribution < -0.4 is 10.9 Å². The number of hydrogen-bond acceptors (Lipinski definition) is 6. The van der Waals surface area contributed by atoms with E-state index in [2.05, 4.69) is 10.3 Å². The summed E-state index contributed by atoms with van der Waals surface area (Å²) in [4.78, 5) is 43.1. The molecule has 4 rings (SSSR count). The third kappa shape index (κ3) is 4.97. The number of hydrogen-bond donors (Lipinski definition) is 1. The van der Waals surface area contributed by atoms with E-state index in [1.807, 2.05) is 37.3 Å². The molecule has 9 heteroatoms. The molecule has 0 aliphatic carbocycles. The van der Waals surface area contributed by atoms with Gasteiger partial charge in [-0.2, -0.15) is 0 Å². The highest BCUT2D eigenvalue weighted by Crippen LogP contribution is 2.28. The molecule has 1 N–H and O–H groups in total. The van der Waals surface area contributed by atoms with Crippen LogP contribution in [0.3, 0.4) is 0 Å². The molecule has 2 aromatic heterocycles. The smallest absolute Gasteiger partial charge is 0.349 e. The first-order chi connectivity index (χ1) is 15.8. The number of benzene rings is 2. The van der Waals surface area contributed by atoms with Crippen LogP contribution in [0.1, 0.15) is 26.4 Å². The van der Waals surface area contributed by atoms with Crippen LogP contribution in [-0.4, -0.2) is 21.4 Å². The van der Waals surface area contributed by atoms with Gasteiger partial charge in [0.25, 0.3) is 5.56 Å². The van der Waals surface area contributed by atoms with Crippen LogP contribution in [0.4, 0.5) is 5.69 Å². The molecule has 7 nitrogen and oxygen atoms in total. The molecule has 0 radical (unpaired) electrons. The van der Waals surface area contributed by atoms with E-state index in [4.69, 9.17) is 16.3 Å². The third-order valence-electron chi connectivity index (χ3n) is 5.08. The lowest BCUT2D eigenvalue weighted by Crippen LogP contribution is -2.27. The second-order valence-corrected chi connectivity index (χ2v) is 8.89. The van der Waals surface area contributed by atoms with E-state index in [9.17, 15) is 14.4 Å². The SMILES string of the molecule is Cc1ccc(NC(=O)Cn2cnc3sc(C(=O)OCc4ccccc4)c(C)c3c2=O)cc1Cl. The zero-order chi connectivity index (χ0) is 23.5. The van der Waals surface area contributed by atoms with Crippen molar-refractivity contribution >= 4 is 50.7 Å². The standard InChI is InChI=1S/C24H20ClN3O4S/c1-14-8-9-17(10-18(14)25)27-19(29)11-28-13-26-22-20(23(28)30)15(2)21(33-22)24(31)32-12-16-6-4-3-5-7-16/h3-10,13H,11-12H2,1-2H3,(H,27,29). The first-order valence-corrected chi connectivity index (χ1v) is 11.3. The number of fused-ring (bicyclic) bond motifs is 1. The summed E-state index contributed by atoms with van der Waals surface area (Å²) >= 11 is 7.20. The molecule has 0 saturated heterocycles. The van der Waals surface area contributed by atoms with Crippen LogP contribution >= 0.6 is 22.9 Å². The Morgan fingerprint density at radius 1 is 1.15 bits per heavy atom. The number of carbonyl (C=O) groups excluding carboxylic acids is 2. The number of nitrogens with zero attached hydrogens (tertiary/aromatic N) is 2. The highest BCUT2D eigenvalue weighted by molar-refractivity contribution is 7.20. The normalized spacial score (nSPS) is 10.9. The minimum absolute atomic E-state index is 0.133. The van der Waals surface area contributed by atoms with Crippen molar-refractivity contribution in [2.75, 3.05) is 5.32 Å². The van der Waals surface area contributed by atoms with Crippen LogP contribution in [-0.2, 0) is 22.7 Å². The minimum Gasteiger partial charge on any atom is -0.457 e. The maximum atomic E-state index is 13.0. The lowest BCUT2D eigenvalue weighted by atomic mass is 10.2. The fourth-order valence-electron chi connectivity index (χ4n) is 3.28. The molecule has 0 aliphatic rings. The summed E-state index contributed by atoms with van der Waals surface area (Å²) in [6, 6.07) is 14.5. The lowest BCUT2D eigenvalue weighted by molar-refractivity contribution is -0.116. The molecule has 4 aromatic rings. The number of aryl methyl sites for hydroxylation is 2. The van der Waals surface area contributed by atoms with Gasteiger partial charge in [0.2, 0.25) is 5.91 Å². The number of aromatic nitrogens is 2. The molecule has 0 spiro atoms. The Balaban J connectivity index is 1.52. The van der Waals surface area contributed by atoms with Gasteiger partial charge < -0.3 is 10.1 Å². The van der Waals surface area contributed by atoms with Crippen LogP contribution in [0.2, 0.25) is 5.02 Å². The molecule has 0 saturated carbocycles. The van der Waals surface area contributed by atoms with E-state index < -0.39 is 17.4 Å². The summed E-state index contributed by atoms with van der Waals surface area (Å²) in [5, 5.41) is 3.56. The van der Waals surface area contributed by atoms with Crippen molar-refractivity contribution < 1.29 is 14.3 Å². The zero-order valence-electron chi connectivity index (χ0n) is 17.9. The zero-order valence-corrected chi connectivity index (χ0v) is 19.5. The molecule has 168 valence electrons. The molecule has 2 aromatic carbocycles. The molecule has 2 heterocycles. The number of esters is 1. The predicted octanol–water partition coefficient (Wildman–Crippen LogP) is 4.72. The summed E-state index contributed by atoms with van der Waals surface area (Å²) in [6.45, 7) is 3.45. The Morgan fingerprint density at radius 3 is 2.64 bits per heavy atom. The average Bonchev–Trinajstić information content (AvgIpc) is 3.14. The number of halogens is 1. The number of anilines is 1. The van der Waals surface area contributed by atoms with Gasteiger partial charge in [0.05, 0.1) is 11.7 Å². The fourth-order valence-corrected chi connectivity index (χ4v) is 4.49. The Hall–Kier alpha value is -3.49. The number of ether oxygens (including phenoxy) is 1. The Labute approximate surface area is 198 Å². The Morgan fingerprint density at radius 2 is 1.91 bits per heavy atom. The summed E-state index contributed by atoms with van der Waals surface area (Å²) in [5.41, 5.74) is 2.39. The van der Waals surface area contributed by atoms with Crippen molar-refractivity contribution in [2.24, 2.45) is 0 Å². The van der Waals surface area contributed by atoms with Crippen LogP contribution in [0.5, 0.6) is 0 Å². The molecule has 0 atom stereocenters. The molecular formula is C24H20ClN3O4S. The van der Waals surface area contributed by atoms with E-state index in [-0.39, 0.29) is 13.2 Å². The van der Waals surface area contributed by atoms with Crippen molar-refractivity contribution in [3.05, 3.63) is 91.8 Å². The van der Waals surface area contributed by atoms with Crippen LogP contribution in [0.25, 0.3) is 10.2 Å². The predicted molar refractivity (Wildman–Crippen MR) is 129 cm³/mol. The summed E-state index contributed by atoms with van der Waals surface area (Å²) in [5.74, 6) is -0.909. The summed E-state index contributed by atoms with van der Waals surface area (Å²) < 4.78 is 6.62. The quantitative estimate of drug-likeness (QED) is 0.402. The van der Waals surface area contributed by atoms with Gasteiger partial charge in [-0.3, -0.25) is 14.2 Å². The Kier molecular flexibility index (Phi) is 6.57. The number of nitrogens with one attached hydrogen (secondary N) is 1. The Bertz CT molecular complexity index is 1410. The molecule has 0 unspecified atom stereocenters. The van der Waals surface area contributed by atoms with E-state index in [1.165, 1.54) is 10.9 Å². The maximum Gasteiger partial charge on any atom is 0.349 e. The van der Waals surface area contributed by atoms with Crippen molar-refractivity contribution in [3.8, 4) is 0 Å². The monoisotopic (exact) mass is 481 g/mol. The molecule has 0 bridgehead atoms. The number of amides is 1. The number of rotatable bonds is 6. The van der Waals surface area contributed by atoms with Crippen molar-refractivity contribution in [2.45, 2.75) is 27.0 Å². The number of carbonyl (C=O) groups is 2. The van der Waals surface area contributed by atoms with E-state index in [0.717, 1.165) is 22.5 Å². The minimum atomic E-state index is -0.515. The second kappa shape index (κ2) is 9.56. The lowest BCUT2D eigenvalue weighted by Gasteiger charge is -2.08. The second-order valence-electron chi connectivity index (χ2n) is 7.49. The van der Waals surface area contributed by atoms with E-state index in [0.29, 0.717) is 31.4 Å². The topological polar surface area (TPSA) is 90.3 Å². The molecular weight excluding hydrogens is 462 g/mol. The third-order valence-corrected chi connectivity index (χ3v) is 6.67. The van der Waals surface area contributed by atoms with Gasteiger partial charge in [-0.05, 0) is 42.7 Å². The fraction of sp³-hybridized carbons (Fsp3) is 0.167. The van der Waals surface area contributed by atoms with Gasteiger partial charge in [0.1, 0.15) is 22.9 Å². The highest BCUT2D eigenvalue weighted by atomic mass is 35.5. The molecule has 0 aliphatic heterocycles. The largest absolute Gasteiger partial charge is 0.457 e. The first-order valence-electron chi connectivity index (χ1n) is 10.1. The van der Waals surface area contributed by atoms with Gasteiger partial charge in [0.15, 0.2) is 0 Å². The first kappa shape index (κ1) is 22.7. The maximum absolute atomic E-state index is 13.0. The molecule has 33 heavy (non-hydrogen) atoms. The van der Waals surface area contributed by atoms with Crippen LogP contribution in [0.15, 0.2) is 59.7 Å². The van der Waals surface area contributed by atoms with Gasteiger partial charge in [-0.15, -0.1) is 11.3 Å².